The van der Waals surface area contributed by atoms with Crippen LogP contribution in [0.5, 0.6) is 5.75 Å². The van der Waals surface area contributed by atoms with Crippen molar-refractivity contribution in [3.63, 3.8) is 0 Å². The normalized spacial score (nSPS) is 15.6. The Morgan fingerprint density at radius 1 is 1.07 bits per heavy atom. The summed E-state index contributed by atoms with van der Waals surface area (Å²) < 4.78 is 34.2. The van der Waals surface area contributed by atoms with E-state index >= 15 is 0 Å². The van der Waals surface area contributed by atoms with Crippen LogP contribution >= 0.6 is 15.9 Å². The van der Waals surface area contributed by atoms with E-state index < -0.39 is 10.0 Å². The second kappa shape index (κ2) is 9.28. The fourth-order valence-electron chi connectivity index (χ4n) is 3.40. The molecule has 0 aliphatic carbocycles. The summed E-state index contributed by atoms with van der Waals surface area (Å²) in [6, 6.07) is 10.1. The number of carbonyl (C=O) groups excluding carboxylic acids is 1. The molecule has 1 saturated heterocycles. The lowest BCUT2D eigenvalue weighted by Crippen LogP contribution is -2.32. The fourth-order valence-corrected chi connectivity index (χ4v) is 5.58. The van der Waals surface area contributed by atoms with Crippen LogP contribution in [0.1, 0.15) is 41.6 Å². The Balaban J connectivity index is 1.92. The number of sulfonamides is 1. The molecule has 156 valence electrons. The van der Waals surface area contributed by atoms with Gasteiger partial charge in [-0.3, -0.25) is 4.79 Å². The molecule has 29 heavy (non-hydrogen) atoms. The molecule has 1 heterocycles. The topological polar surface area (TPSA) is 75.7 Å². The van der Waals surface area contributed by atoms with Crippen LogP contribution < -0.4 is 10.1 Å². The van der Waals surface area contributed by atoms with Crippen molar-refractivity contribution in [3.8, 4) is 5.75 Å². The molecule has 0 bridgehead atoms. The number of rotatable bonds is 5. The van der Waals surface area contributed by atoms with Gasteiger partial charge in [0.1, 0.15) is 10.6 Å². The molecular weight excluding hydrogens is 456 g/mol. The first-order valence-electron chi connectivity index (χ1n) is 9.58. The minimum Gasteiger partial charge on any atom is -0.495 e. The van der Waals surface area contributed by atoms with Crippen LogP contribution in [-0.4, -0.2) is 38.8 Å². The van der Waals surface area contributed by atoms with Gasteiger partial charge in [0, 0.05) is 28.8 Å². The van der Waals surface area contributed by atoms with E-state index in [1.54, 1.807) is 12.1 Å². The SMILES string of the molecule is COc1ccc(C(=O)Nc2ccc(Br)cc2C)cc1S(=O)(=O)N1CCCCCC1. The minimum absolute atomic E-state index is 0.0297. The number of amides is 1. The van der Waals surface area contributed by atoms with E-state index in [4.69, 9.17) is 4.74 Å². The predicted molar refractivity (Wildman–Crippen MR) is 117 cm³/mol. The molecule has 0 atom stereocenters. The maximum absolute atomic E-state index is 13.3. The van der Waals surface area contributed by atoms with Gasteiger partial charge in [-0.15, -0.1) is 0 Å². The summed E-state index contributed by atoms with van der Waals surface area (Å²) >= 11 is 3.40. The van der Waals surface area contributed by atoms with Crippen LogP contribution in [0.25, 0.3) is 0 Å². The van der Waals surface area contributed by atoms with Crippen LogP contribution in [0.15, 0.2) is 45.8 Å². The van der Waals surface area contributed by atoms with E-state index in [0.717, 1.165) is 35.7 Å². The van der Waals surface area contributed by atoms with Crippen LogP contribution in [0.3, 0.4) is 0 Å². The highest BCUT2D eigenvalue weighted by molar-refractivity contribution is 9.10. The first-order chi connectivity index (χ1) is 13.8. The molecule has 2 aromatic carbocycles. The van der Waals surface area contributed by atoms with Crippen molar-refractivity contribution in [2.45, 2.75) is 37.5 Å². The maximum Gasteiger partial charge on any atom is 0.255 e. The number of nitrogens with zero attached hydrogens (tertiary/aromatic N) is 1. The van der Waals surface area contributed by atoms with Crippen LogP contribution in [0.4, 0.5) is 5.69 Å². The van der Waals surface area contributed by atoms with Gasteiger partial charge in [0.2, 0.25) is 10.0 Å². The van der Waals surface area contributed by atoms with E-state index in [0.29, 0.717) is 18.8 Å². The Morgan fingerprint density at radius 2 is 1.76 bits per heavy atom. The first-order valence-corrected chi connectivity index (χ1v) is 11.8. The Hall–Kier alpha value is -1.90. The maximum atomic E-state index is 13.3. The van der Waals surface area contributed by atoms with E-state index in [1.807, 2.05) is 19.1 Å². The van der Waals surface area contributed by atoms with Crippen LogP contribution in [0.2, 0.25) is 0 Å². The van der Waals surface area contributed by atoms with Gasteiger partial charge >= 0.3 is 0 Å². The summed E-state index contributed by atoms with van der Waals surface area (Å²) in [4.78, 5) is 12.8. The van der Waals surface area contributed by atoms with Crippen molar-refractivity contribution in [2.75, 3.05) is 25.5 Å². The van der Waals surface area contributed by atoms with Gasteiger partial charge in [-0.25, -0.2) is 8.42 Å². The van der Waals surface area contributed by atoms with E-state index in [2.05, 4.69) is 21.2 Å². The van der Waals surface area contributed by atoms with Crippen LogP contribution in [-0.2, 0) is 10.0 Å². The van der Waals surface area contributed by atoms with Gasteiger partial charge < -0.3 is 10.1 Å². The monoisotopic (exact) mass is 480 g/mol. The van der Waals surface area contributed by atoms with E-state index in [-0.39, 0.29) is 22.1 Å². The summed E-state index contributed by atoms with van der Waals surface area (Å²) in [6.07, 6.45) is 3.73. The van der Waals surface area contributed by atoms with Crippen molar-refractivity contribution in [1.29, 1.82) is 0 Å². The van der Waals surface area contributed by atoms with Crippen molar-refractivity contribution >= 4 is 37.5 Å². The third-order valence-corrected chi connectivity index (χ3v) is 7.46. The molecule has 0 aromatic heterocycles. The zero-order chi connectivity index (χ0) is 21.0. The van der Waals surface area contributed by atoms with Gasteiger partial charge in [-0.2, -0.15) is 4.31 Å². The number of methoxy groups -OCH3 is 1. The van der Waals surface area contributed by atoms with Gasteiger partial charge in [0.15, 0.2) is 0 Å². The molecule has 3 rings (SSSR count). The summed E-state index contributed by atoms with van der Waals surface area (Å²) in [5.74, 6) is -0.129. The number of hydrogen-bond donors (Lipinski definition) is 1. The van der Waals surface area contributed by atoms with Crippen LogP contribution in [0, 0.1) is 6.92 Å². The molecule has 0 spiro atoms. The Labute approximate surface area is 180 Å². The van der Waals surface area contributed by atoms with Crippen molar-refractivity contribution in [2.24, 2.45) is 0 Å². The lowest BCUT2D eigenvalue weighted by atomic mass is 10.1. The fraction of sp³-hybridized carbons (Fsp3) is 0.381. The summed E-state index contributed by atoms with van der Waals surface area (Å²) in [6.45, 7) is 2.86. The molecule has 6 nitrogen and oxygen atoms in total. The highest BCUT2D eigenvalue weighted by Gasteiger charge is 2.29. The lowest BCUT2D eigenvalue weighted by Gasteiger charge is -2.21. The molecule has 0 radical (unpaired) electrons. The number of ether oxygens (including phenoxy) is 1. The summed E-state index contributed by atoms with van der Waals surface area (Å²) in [5, 5.41) is 2.85. The molecule has 1 N–H and O–H groups in total. The summed E-state index contributed by atoms with van der Waals surface area (Å²) in [7, 11) is -2.32. The highest BCUT2D eigenvalue weighted by Crippen LogP contribution is 2.30. The smallest absolute Gasteiger partial charge is 0.255 e. The number of nitrogens with one attached hydrogen (secondary N) is 1. The van der Waals surface area contributed by atoms with Gasteiger partial charge in [0.05, 0.1) is 7.11 Å². The molecule has 1 aliphatic rings. The third-order valence-electron chi connectivity index (χ3n) is 5.05. The van der Waals surface area contributed by atoms with Crippen molar-refractivity contribution in [1.82, 2.24) is 4.31 Å². The second-order valence-corrected chi connectivity index (χ2v) is 9.92. The average molecular weight is 481 g/mol. The Bertz CT molecular complexity index is 1000. The first kappa shape index (κ1) is 21.8. The Kier molecular flexibility index (Phi) is 6.97. The van der Waals surface area contributed by atoms with Gasteiger partial charge in [-0.05, 0) is 61.7 Å². The number of carbonyl (C=O) groups is 1. The number of aryl methyl sites for hydroxylation is 1. The molecule has 1 fully saturated rings. The lowest BCUT2D eigenvalue weighted by molar-refractivity contribution is 0.102. The van der Waals surface area contributed by atoms with E-state index in [1.165, 1.54) is 23.5 Å². The minimum atomic E-state index is -3.75. The predicted octanol–water partition coefficient (Wildman–Crippen LogP) is 4.58. The number of benzene rings is 2. The van der Waals surface area contributed by atoms with Crippen molar-refractivity contribution in [3.05, 3.63) is 52.0 Å². The summed E-state index contributed by atoms with van der Waals surface area (Å²) in [5.41, 5.74) is 1.84. The number of hydrogen-bond acceptors (Lipinski definition) is 4. The Morgan fingerprint density at radius 3 is 2.38 bits per heavy atom. The molecule has 0 saturated carbocycles. The molecule has 1 aliphatic heterocycles. The quantitative estimate of drug-likeness (QED) is 0.678. The van der Waals surface area contributed by atoms with Gasteiger partial charge in [0.25, 0.3) is 5.91 Å². The van der Waals surface area contributed by atoms with Crippen molar-refractivity contribution < 1.29 is 17.9 Å². The molecule has 8 heteroatoms. The second-order valence-electron chi connectivity index (χ2n) is 7.10. The zero-order valence-electron chi connectivity index (χ0n) is 16.6. The number of anilines is 1. The third kappa shape index (κ3) is 4.99. The molecular formula is C21H25BrN2O4S. The molecule has 0 unspecified atom stereocenters. The number of halogens is 1. The molecule has 1 amide bonds. The standard InChI is InChI=1S/C21H25BrN2O4S/c1-15-13-17(22)8-9-18(15)23-21(25)16-7-10-19(28-2)20(14-16)29(26,27)24-11-5-3-4-6-12-24/h7-10,13-14H,3-6,11-12H2,1-2H3,(H,23,25). The zero-order valence-corrected chi connectivity index (χ0v) is 19.0. The van der Waals surface area contributed by atoms with E-state index in [9.17, 15) is 13.2 Å². The highest BCUT2D eigenvalue weighted by atomic mass is 79.9. The van der Waals surface area contributed by atoms with Gasteiger partial charge in [-0.1, -0.05) is 28.8 Å². The largest absolute Gasteiger partial charge is 0.495 e. The molecule has 2 aromatic rings. The average Bonchev–Trinajstić information content (AvgIpc) is 2.99.